The summed E-state index contributed by atoms with van der Waals surface area (Å²) in [6.45, 7) is 0. The van der Waals surface area contributed by atoms with E-state index in [2.05, 4.69) is 10.2 Å². The van der Waals surface area contributed by atoms with Crippen LogP contribution in [-0.2, 0) is 5.54 Å². The van der Waals surface area contributed by atoms with Gasteiger partial charge in [-0.1, -0.05) is 0 Å². The number of aliphatic hydroxyl groups is 1. The maximum atomic E-state index is 10.8. The Balaban J connectivity index is 2.29. The summed E-state index contributed by atoms with van der Waals surface area (Å²) in [5.41, 5.74) is 5.67. The van der Waals surface area contributed by atoms with Crippen molar-refractivity contribution in [3.05, 3.63) is 22.0 Å². The molecular weight excluding hydrogens is 212 g/mol. The summed E-state index contributed by atoms with van der Waals surface area (Å²) in [4.78, 5) is 10.3. The molecule has 0 atom stereocenters. The molecule has 0 unspecified atom stereocenters. The van der Waals surface area contributed by atoms with Crippen LogP contribution in [0.25, 0.3) is 0 Å². The van der Waals surface area contributed by atoms with Gasteiger partial charge in [0.15, 0.2) is 0 Å². The summed E-state index contributed by atoms with van der Waals surface area (Å²) in [5.74, 6) is 0. The fourth-order valence-electron chi connectivity index (χ4n) is 2.15. The number of nitrogens with one attached hydrogen (secondary N) is 1. The van der Waals surface area contributed by atoms with Gasteiger partial charge in [0.05, 0.1) is 16.6 Å². The molecule has 0 bridgehead atoms. The van der Waals surface area contributed by atoms with Crippen molar-refractivity contribution >= 4 is 5.69 Å². The number of aromatic nitrogens is 2. The first kappa shape index (κ1) is 11.0. The molecule has 1 aromatic heterocycles. The van der Waals surface area contributed by atoms with E-state index in [9.17, 15) is 15.2 Å². The quantitative estimate of drug-likeness (QED) is 0.498. The van der Waals surface area contributed by atoms with E-state index in [1.54, 1.807) is 0 Å². The van der Waals surface area contributed by atoms with E-state index in [0.717, 1.165) is 0 Å². The summed E-state index contributed by atoms with van der Waals surface area (Å²) in [7, 11) is 0. The fourth-order valence-corrected chi connectivity index (χ4v) is 2.15. The molecule has 4 N–H and O–H groups in total. The summed E-state index contributed by atoms with van der Waals surface area (Å²) >= 11 is 0. The second kappa shape index (κ2) is 3.84. The number of nitrogens with two attached hydrogens (primary N) is 1. The van der Waals surface area contributed by atoms with Gasteiger partial charge in [0.2, 0.25) is 0 Å². The summed E-state index contributed by atoms with van der Waals surface area (Å²) < 4.78 is 0. The molecule has 2 rings (SSSR count). The third kappa shape index (κ3) is 1.79. The van der Waals surface area contributed by atoms with Gasteiger partial charge in [0.1, 0.15) is 11.9 Å². The Morgan fingerprint density at radius 1 is 1.62 bits per heavy atom. The zero-order chi connectivity index (χ0) is 11.8. The topological polar surface area (TPSA) is 118 Å². The van der Waals surface area contributed by atoms with Crippen LogP contribution >= 0.6 is 0 Å². The Bertz CT molecular complexity index is 395. The Morgan fingerprint density at radius 2 is 2.25 bits per heavy atom. The van der Waals surface area contributed by atoms with Gasteiger partial charge in [-0.25, -0.2) is 0 Å². The minimum absolute atomic E-state index is 0.0705. The molecule has 0 amide bonds. The number of H-pyrrole nitrogens is 1. The molecular formula is C9H14N4O3. The molecule has 7 nitrogen and oxygen atoms in total. The zero-order valence-electron chi connectivity index (χ0n) is 8.72. The Hall–Kier alpha value is -1.47. The maximum absolute atomic E-state index is 10.8. The molecule has 0 spiro atoms. The van der Waals surface area contributed by atoms with E-state index in [1.165, 1.54) is 6.20 Å². The normalized spacial score (nSPS) is 30.2. The minimum Gasteiger partial charge on any atom is -0.393 e. The number of aliphatic hydroxyl groups excluding tert-OH is 1. The Morgan fingerprint density at radius 3 is 2.81 bits per heavy atom. The molecule has 16 heavy (non-hydrogen) atoms. The number of nitrogens with zero attached hydrogens (tertiary/aromatic N) is 2. The first-order valence-electron chi connectivity index (χ1n) is 5.18. The molecule has 1 aliphatic rings. The lowest BCUT2D eigenvalue weighted by atomic mass is 9.78. The molecule has 1 saturated carbocycles. The number of nitro groups is 1. The third-order valence-electron chi connectivity index (χ3n) is 3.16. The second-order valence-corrected chi connectivity index (χ2v) is 4.27. The molecule has 1 fully saturated rings. The van der Waals surface area contributed by atoms with Gasteiger partial charge in [-0.05, 0) is 25.7 Å². The van der Waals surface area contributed by atoms with Gasteiger partial charge in [-0.3, -0.25) is 15.2 Å². The zero-order valence-corrected chi connectivity index (χ0v) is 8.72. The van der Waals surface area contributed by atoms with Crippen LogP contribution in [0.3, 0.4) is 0 Å². The van der Waals surface area contributed by atoms with E-state index < -0.39 is 10.5 Å². The highest BCUT2D eigenvalue weighted by Crippen LogP contribution is 2.37. The van der Waals surface area contributed by atoms with Crippen LogP contribution in [0.4, 0.5) is 5.69 Å². The van der Waals surface area contributed by atoms with Crippen LogP contribution in [0.2, 0.25) is 0 Å². The minimum atomic E-state index is -0.766. The lowest BCUT2D eigenvalue weighted by molar-refractivity contribution is -0.386. The van der Waals surface area contributed by atoms with Crippen molar-refractivity contribution in [2.24, 2.45) is 5.73 Å². The van der Waals surface area contributed by atoms with E-state index in [0.29, 0.717) is 31.4 Å². The predicted octanol–water partition coefficient (Wildman–Crippen LogP) is 0.407. The third-order valence-corrected chi connectivity index (χ3v) is 3.16. The molecule has 0 aliphatic heterocycles. The van der Waals surface area contributed by atoms with Gasteiger partial charge in [-0.15, -0.1) is 0 Å². The molecule has 1 heterocycles. The van der Waals surface area contributed by atoms with Gasteiger partial charge >= 0.3 is 5.69 Å². The predicted molar refractivity (Wildman–Crippen MR) is 55.6 cm³/mol. The average molecular weight is 226 g/mol. The summed E-state index contributed by atoms with van der Waals surface area (Å²) in [6, 6.07) is 0. The van der Waals surface area contributed by atoms with E-state index in [1.807, 2.05) is 0 Å². The second-order valence-electron chi connectivity index (χ2n) is 4.27. The molecule has 1 aromatic rings. The number of hydrogen-bond donors (Lipinski definition) is 3. The Labute approximate surface area is 91.8 Å². The highest BCUT2D eigenvalue weighted by atomic mass is 16.6. The lowest BCUT2D eigenvalue weighted by Gasteiger charge is -2.33. The number of hydrogen-bond acceptors (Lipinski definition) is 5. The van der Waals surface area contributed by atoms with Crippen molar-refractivity contribution in [3.63, 3.8) is 0 Å². The van der Waals surface area contributed by atoms with Crippen LogP contribution in [0, 0.1) is 10.1 Å². The van der Waals surface area contributed by atoms with Gasteiger partial charge < -0.3 is 10.8 Å². The van der Waals surface area contributed by atoms with Crippen molar-refractivity contribution in [2.75, 3.05) is 0 Å². The van der Waals surface area contributed by atoms with Crippen LogP contribution in [0.15, 0.2) is 6.20 Å². The first-order chi connectivity index (χ1) is 7.53. The van der Waals surface area contributed by atoms with Crippen LogP contribution < -0.4 is 5.73 Å². The molecule has 1 aliphatic carbocycles. The van der Waals surface area contributed by atoms with Gasteiger partial charge in [0, 0.05) is 0 Å². The van der Waals surface area contributed by atoms with Gasteiger partial charge in [0.25, 0.3) is 0 Å². The highest BCUT2D eigenvalue weighted by molar-refractivity contribution is 5.37. The molecule has 0 radical (unpaired) electrons. The fraction of sp³-hybridized carbons (Fsp3) is 0.667. The molecule has 7 heteroatoms. The average Bonchev–Trinajstić information content (AvgIpc) is 2.72. The monoisotopic (exact) mass is 226 g/mol. The van der Waals surface area contributed by atoms with Crippen molar-refractivity contribution in [1.82, 2.24) is 10.2 Å². The van der Waals surface area contributed by atoms with Crippen LogP contribution in [-0.4, -0.2) is 26.3 Å². The summed E-state index contributed by atoms with van der Waals surface area (Å²) in [6.07, 6.45) is 3.00. The van der Waals surface area contributed by atoms with Crippen molar-refractivity contribution in [3.8, 4) is 0 Å². The highest BCUT2D eigenvalue weighted by Gasteiger charge is 2.39. The van der Waals surface area contributed by atoms with Gasteiger partial charge in [-0.2, -0.15) is 5.10 Å². The largest absolute Gasteiger partial charge is 0.393 e. The molecule has 0 saturated heterocycles. The lowest BCUT2D eigenvalue weighted by Crippen LogP contribution is -2.42. The van der Waals surface area contributed by atoms with E-state index in [-0.39, 0.29) is 11.8 Å². The van der Waals surface area contributed by atoms with Crippen molar-refractivity contribution in [2.45, 2.75) is 37.3 Å². The van der Waals surface area contributed by atoms with Crippen LogP contribution in [0.1, 0.15) is 31.4 Å². The first-order valence-corrected chi connectivity index (χ1v) is 5.18. The van der Waals surface area contributed by atoms with Crippen LogP contribution in [0.5, 0.6) is 0 Å². The number of aromatic amines is 1. The summed E-state index contributed by atoms with van der Waals surface area (Å²) in [5, 5.41) is 26.5. The Kier molecular flexibility index (Phi) is 2.64. The molecule has 88 valence electrons. The smallest absolute Gasteiger partial charge is 0.311 e. The van der Waals surface area contributed by atoms with Crippen molar-refractivity contribution in [1.29, 1.82) is 0 Å². The maximum Gasteiger partial charge on any atom is 0.311 e. The SMILES string of the molecule is NC1(c2[nH]ncc2[N+](=O)[O-])CCC(O)CC1. The van der Waals surface area contributed by atoms with E-state index >= 15 is 0 Å². The number of rotatable bonds is 2. The standard InChI is InChI=1S/C9H14N4O3/c10-9(3-1-6(14)2-4-9)8-7(13(15)16)5-11-12-8/h5-6,14H,1-4,10H2,(H,11,12). The van der Waals surface area contributed by atoms with E-state index in [4.69, 9.17) is 5.73 Å². The molecule has 0 aromatic carbocycles. The van der Waals surface area contributed by atoms with Crippen molar-refractivity contribution < 1.29 is 10.0 Å².